The fourth-order valence-corrected chi connectivity index (χ4v) is 5.69. The van der Waals surface area contributed by atoms with Crippen LogP contribution < -0.4 is 4.57 Å². The van der Waals surface area contributed by atoms with E-state index in [1.807, 2.05) is 0 Å². The van der Waals surface area contributed by atoms with Crippen LogP contribution in [0, 0.1) is 6.92 Å². The summed E-state index contributed by atoms with van der Waals surface area (Å²) in [5.41, 5.74) is 8.67. The van der Waals surface area contributed by atoms with Crippen LogP contribution in [0.2, 0.25) is 0 Å². The number of benzene rings is 5. The molecule has 0 atom stereocenters. The molecule has 35 heavy (non-hydrogen) atoms. The number of para-hydroxylation sites is 2. The van der Waals surface area contributed by atoms with Gasteiger partial charge in [-0.25, -0.2) is 0 Å². The third kappa shape index (κ3) is 2.93. The van der Waals surface area contributed by atoms with E-state index in [4.69, 9.17) is 0 Å². The molecular formula is C33H25N2+. The second-order valence-electron chi connectivity index (χ2n) is 9.35. The van der Waals surface area contributed by atoms with Crippen molar-refractivity contribution in [1.82, 2.24) is 4.57 Å². The highest BCUT2D eigenvalue weighted by molar-refractivity contribution is 6.09. The molecule has 0 saturated carbocycles. The lowest BCUT2D eigenvalue weighted by molar-refractivity contribution is -0.633. The fraction of sp³-hybridized carbons (Fsp3) is 0.0606. The van der Waals surface area contributed by atoms with Crippen molar-refractivity contribution in [3.63, 3.8) is 0 Å². The Morgan fingerprint density at radius 2 is 1.17 bits per heavy atom. The average molecular weight is 450 g/mol. The van der Waals surface area contributed by atoms with Gasteiger partial charge in [0.2, 0.25) is 11.2 Å². The summed E-state index contributed by atoms with van der Waals surface area (Å²) >= 11 is 0. The van der Waals surface area contributed by atoms with Gasteiger partial charge >= 0.3 is 0 Å². The van der Waals surface area contributed by atoms with Crippen LogP contribution in [0.3, 0.4) is 0 Å². The first-order valence-electron chi connectivity index (χ1n) is 12.1. The Kier molecular flexibility index (Phi) is 4.31. The topological polar surface area (TPSA) is 8.81 Å². The lowest BCUT2D eigenvalue weighted by atomic mass is 9.97. The largest absolute Gasteiger partial charge is 0.309 e. The number of fused-ring (bicyclic) bond motifs is 5. The molecule has 0 N–H and O–H groups in total. The van der Waals surface area contributed by atoms with E-state index < -0.39 is 0 Å². The molecule has 2 heteroatoms. The third-order valence-corrected chi connectivity index (χ3v) is 7.47. The van der Waals surface area contributed by atoms with Gasteiger partial charge in [0.25, 0.3) is 0 Å². The van der Waals surface area contributed by atoms with E-state index in [1.54, 1.807) is 0 Å². The lowest BCUT2D eigenvalue weighted by Crippen LogP contribution is -2.32. The van der Waals surface area contributed by atoms with Gasteiger partial charge < -0.3 is 4.57 Å². The summed E-state index contributed by atoms with van der Waals surface area (Å²) in [7, 11) is 2.18. The summed E-state index contributed by atoms with van der Waals surface area (Å²) in [5, 5.41) is 6.40. The molecule has 0 aliphatic carbocycles. The Balaban J connectivity index is 1.49. The minimum atomic E-state index is 1.18. The summed E-state index contributed by atoms with van der Waals surface area (Å²) in [5.74, 6) is 0. The quantitative estimate of drug-likeness (QED) is 0.237. The summed E-state index contributed by atoms with van der Waals surface area (Å²) in [6, 6.07) is 41.8. The molecule has 0 radical (unpaired) electrons. The maximum absolute atomic E-state index is 2.39. The van der Waals surface area contributed by atoms with Crippen LogP contribution in [0.4, 0.5) is 0 Å². The zero-order valence-electron chi connectivity index (χ0n) is 19.9. The maximum Gasteiger partial charge on any atom is 0.214 e. The van der Waals surface area contributed by atoms with Crippen LogP contribution in [-0.2, 0) is 7.05 Å². The predicted octanol–water partition coefficient (Wildman–Crippen LogP) is 7.89. The second kappa shape index (κ2) is 7.54. The number of pyridine rings is 1. The Labute approximate surface area is 204 Å². The molecule has 2 heterocycles. The SMILES string of the molecule is Cc1c(-c2ccc3ccc(-n4c5ccccc5c5ccccc54)cc3[n+]2C)ccc2ccccc12. The van der Waals surface area contributed by atoms with E-state index in [-0.39, 0.29) is 0 Å². The van der Waals surface area contributed by atoms with Gasteiger partial charge in [-0.1, -0.05) is 66.7 Å². The van der Waals surface area contributed by atoms with Crippen molar-refractivity contribution in [2.75, 3.05) is 0 Å². The molecule has 0 unspecified atom stereocenters. The van der Waals surface area contributed by atoms with Crippen LogP contribution in [0.15, 0.2) is 115 Å². The molecule has 166 valence electrons. The lowest BCUT2D eigenvalue weighted by Gasteiger charge is -2.11. The van der Waals surface area contributed by atoms with Crippen LogP contribution in [0.1, 0.15) is 5.56 Å². The molecule has 0 amide bonds. The van der Waals surface area contributed by atoms with Gasteiger partial charge in [0.1, 0.15) is 7.05 Å². The molecule has 2 aromatic heterocycles. The number of aryl methyl sites for hydroxylation is 2. The van der Waals surface area contributed by atoms with Gasteiger partial charge in [0.15, 0.2) is 0 Å². The van der Waals surface area contributed by atoms with Crippen LogP contribution in [0.25, 0.3) is 60.4 Å². The molecule has 5 aromatic carbocycles. The van der Waals surface area contributed by atoms with Crippen molar-refractivity contribution in [2.45, 2.75) is 6.92 Å². The van der Waals surface area contributed by atoms with Crippen LogP contribution >= 0.6 is 0 Å². The maximum atomic E-state index is 2.39. The molecule has 0 aliphatic heterocycles. The van der Waals surface area contributed by atoms with Crippen molar-refractivity contribution in [3.05, 3.63) is 121 Å². The van der Waals surface area contributed by atoms with Crippen molar-refractivity contribution in [1.29, 1.82) is 0 Å². The molecule has 7 aromatic rings. The highest BCUT2D eigenvalue weighted by atomic mass is 15.0. The Morgan fingerprint density at radius 1 is 0.571 bits per heavy atom. The standard InChI is InChI=1S/C33H25N2/c1-22-26-10-4-3-9-23(26)16-19-27(22)30-20-17-24-15-18-25(21-33(24)34(30)2)35-31-13-7-5-11-28(31)29-12-6-8-14-32(29)35/h3-21H,1-2H3/q+1. The van der Waals surface area contributed by atoms with E-state index in [1.165, 1.54) is 66.0 Å². The smallest absolute Gasteiger partial charge is 0.214 e. The van der Waals surface area contributed by atoms with Gasteiger partial charge in [-0.05, 0) is 59.7 Å². The number of rotatable bonds is 2. The molecule has 0 saturated heterocycles. The number of aromatic nitrogens is 2. The average Bonchev–Trinajstić information content (AvgIpc) is 3.24. The second-order valence-corrected chi connectivity index (χ2v) is 9.35. The van der Waals surface area contributed by atoms with Crippen molar-refractivity contribution < 1.29 is 4.57 Å². The van der Waals surface area contributed by atoms with E-state index in [2.05, 4.69) is 138 Å². The minimum absolute atomic E-state index is 1.18. The summed E-state index contributed by atoms with van der Waals surface area (Å²) in [6.45, 7) is 2.23. The van der Waals surface area contributed by atoms with Gasteiger partial charge in [-0.2, -0.15) is 4.57 Å². The van der Waals surface area contributed by atoms with Gasteiger partial charge in [0.05, 0.1) is 16.7 Å². The molecule has 0 spiro atoms. The van der Waals surface area contributed by atoms with E-state index in [0.717, 1.165) is 0 Å². The molecule has 2 nitrogen and oxygen atoms in total. The highest BCUT2D eigenvalue weighted by Gasteiger charge is 2.19. The molecule has 7 rings (SSSR count). The van der Waals surface area contributed by atoms with Crippen LogP contribution in [-0.4, -0.2) is 4.57 Å². The van der Waals surface area contributed by atoms with Gasteiger partial charge in [-0.15, -0.1) is 0 Å². The minimum Gasteiger partial charge on any atom is -0.309 e. The fourth-order valence-electron chi connectivity index (χ4n) is 5.69. The van der Waals surface area contributed by atoms with E-state index >= 15 is 0 Å². The van der Waals surface area contributed by atoms with E-state index in [9.17, 15) is 0 Å². The van der Waals surface area contributed by atoms with Crippen molar-refractivity contribution in [2.24, 2.45) is 7.05 Å². The first-order valence-corrected chi connectivity index (χ1v) is 12.1. The highest BCUT2D eigenvalue weighted by Crippen LogP contribution is 2.33. The summed E-state index contributed by atoms with van der Waals surface area (Å²) < 4.78 is 4.72. The molecular weight excluding hydrogens is 424 g/mol. The van der Waals surface area contributed by atoms with Gasteiger partial charge in [-0.3, -0.25) is 0 Å². The zero-order chi connectivity index (χ0) is 23.5. The van der Waals surface area contributed by atoms with Crippen molar-refractivity contribution in [3.8, 4) is 16.9 Å². The Morgan fingerprint density at radius 3 is 1.91 bits per heavy atom. The molecule has 0 aliphatic rings. The normalized spacial score (nSPS) is 11.7. The Bertz CT molecular complexity index is 1870. The number of nitrogens with zero attached hydrogens (tertiary/aromatic N) is 2. The predicted molar refractivity (Wildman–Crippen MR) is 147 cm³/mol. The summed E-state index contributed by atoms with van der Waals surface area (Å²) in [4.78, 5) is 0. The van der Waals surface area contributed by atoms with Crippen LogP contribution in [0.5, 0.6) is 0 Å². The number of hydrogen-bond donors (Lipinski definition) is 0. The van der Waals surface area contributed by atoms with Gasteiger partial charge in [0, 0.05) is 33.9 Å². The molecule has 0 bridgehead atoms. The Hall–Kier alpha value is -4.43. The number of hydrogen-bond acceptors (Lipinski definition) is 0. The summed E-state index contributed by atoms with van der Waals surface area (Å²) in [6.07, 6.45) is 0. The first-order chi connectivity index (χ1) is 17.2. The zero-order valence-corrected chi connectivity index (χ0v) is 19.9. The monoisotopic (exact) mass is 449 g/mol. The van der Waals surface area contributed by atoms with Crippen molar-refractivity contribution >= 4 is 43.5 Å². The van der Waals surface area contributed by atoms with E-state index in [0.29, 0.717) is 0 Å². The third-order valence-electron chi connectivity index (χ3n) is 7.47. The first kappa shape index (κ1) is 20.0. The molecule has 0 fully saturated rings.